The van der Waals surface area contributed by atoms with Crippen LogP contribution in [0.4, 0.5) is 5.95 Å². The fourth-order valence-corrected chi connectivity index (χ4v) is 3.88. The van der Waals surface area contributed by atoms with Crippen LogP contribution in [0.1, 0.15) is 74.3 Å². The van der Waals surface area contributed by atoms with E-state index in [0.717, 1.165) is 54.5 Å². The van der Waals surface area contributed by atoms with E-state index in [2.05, 4.69) is 39.2 Å². The van der Waals surface area contributed by atoms with Crippen molar-refractivity contribution in [1.29, 1.82) is 0 Å². The van der Waals surface area contributed by atoms with Gasteiger partial charge in [0.2, 0.25) is 5.95 Å². The summed E-state index contributed by atoms with van der Waals surface area (Å²) in [6.07, 6.45) is 7.14. The van der Waals surface area contributed by atoms with Crippen molar-refractivity contribution in [1.82, 2.24) is 25.4 Å². The van der Waals surface area contributed by atoms with Gasteiger partial charge < -0.3 is 14.7 Å². The molecule has 0 radical (unpaired) electrons. The highest BCUT2D eigenvalue weighted by Gasteiger charge is 2.25. The Morgan fingerprint density at radius 1 is 1.12 bits per heavy atom. The standard InChI is InChI=1S/C24H30N6O2/c1-15(2)21-13-20(29-32-21)23(31)27-18-7-11-30(12-8-18)24-26-14-19(22(28-24)16(3)4)17-5-9-25-10-6-17/h5-6,9-10,13-16,18H,7-8,11-12H2,1-4H3,(H,27,31). The number of carbonyl (C=O) groups excluding carboxylic acids is 1. The van der Waals surface area contributed by atoms with Gasteiger partial charge in [-0.05, 0) is 36.5 Å². The third kappa shape index (κ3) is 4.79. The molecule has 1 amide bonds. The minimum atomic E-state index is -0.181. The predicted octanol–water partition coefficient (Wildman–Crippen LogP) is 4.17. The molecule has 0 aromatic carbocycles. The van der Waals surface area contributed by atoms with Crippen LogP contribution >= 0.6 is 0 Å². The largest absolute Gasteiger partial charge is 0.360 e. The number of carbonyl (C=O) groups is 1. The fraction of sp³-hybridized carbons (Fsp3) is 0.458. The second-order valence-electron chi connectivity index (χ2n) is 8.86. The quantitative estimate of drug-likeness (QED) is 0.622. The SMILES string of the molecule is CC(C)c1cc(C(=O)NC2CCN(c3ncc(-c4ccncc4)c(C(C)C)n3)CC2)no1. The second kappa shape index (κ2) is 9.46. The van der Waals surface area contributed by atoms with Gasteiger partial charge in [-0.3, -0.25) is 9.78 Å². The van der Waals surface area contributed by atoms with Gasteiger partial charge in [-0.25, -0.2) is 9.97 Å². The second-order valence-corrected chi connectivity index (χ2v) is 8.86. The van der Waals surface area contributed by atoms with Gasteiger partial charge >= 0.3 is 0 Å². The minimum absolute atomic E-state index is 0.0959. The lowest BCUT2D eigenvalue weighted by atomic mass is 10.00. The van der Waals surface area contributed by atoms with Crippen molar-refractivity contribution < 1.29 is 9.32 Å². The van der Waals surface area contributed by atoms with Gasteiger partial charge in [0.15, 0.2) is 5.69 Å². The van der Waals surface area contributed by atoms with E-state index in [0.29, 0.717) is 5.69 Å². The Bertz CT molecular complexity index is 1060. The van der Waals surface area contributed by atoms with Crippen LogP contribution in [-0.4, -0.2) is 45.1 Å². The van der Waals surface area contributed by atoms with Gasteiger partial charge in [-0.2, -0.15) is 0 Å². The molecule has 4 heterocycles. The molecule has 8 heteroatoms. The minimum Gasteiger partial charge on any atom is -0.360 e. The number of hydrogen-bond acceptors (Lipinski definition) is 7. The summed E-state index contributed by atoms with van der Waals surface area (Å²) in [5.74, 6) is 1.76. The molecule has 0 saturated carbocycles. The molecule has 8 nitrogen and oxygen atoms in total. The van der Waals surface area contributed by atoms with Crippen LogP contribution in [0.15, 0.2) is 41.3 Å². The smallest absolute Gasteiger partial charge is 0.273 e. The summed E-state index contributed by atoms with van der Waals surface area (Å²) in [5, 5.41) is 6.99. The van der Waals surface area contributed by atoms with Crippen molar-refractivity contribution in [3.05, 3.63) is 53.9 Å². The van der Waals surface area contributed by atoms with E-state index in [4.69, 9.17) is 9.51 Å². The zero-order valence-electron chi connectivity index (χ0n) is 19.1. The molecule has 1 saturated heterocycles. The summed E-state index contributed by atoms with van der Waals surface area (Å²) >= 11 is 0. The maximum atomic E-state index is 12.5. The Kier molecular flexibility index (Phi) is 6.48. The Morgan fingerprint density at radius 2 is 1.84 bits per heavy atom. The van der Waals surface area contributed by atoms with E-state index >= 15 is 0 Å². The molecule has 0 aliphatic carbocycles. The molecule has 1 aliphatic rings. The average molecular weight is 435 g/mol. The number of rotatable bonds is 6. The molecule has 1 fully saturated rings. The van der Waals surface area contributed by atoms with Crippen LogP contribution in [-0.2, 0) is 0 Å². The van der Waals surface area contributed by atoms with Gasteiger partial charge in [0, 0.05) is 55.3 Å². The molecule has 0 atom stereocenters. The lowest BCUT2D eigenvalue weighted by molar-refractivity contribution is 0.0921. The molecule has 0 spiro atoms. The average Bonchev–Trinajstić information content (AvgIpc) is 3.31. The number of pyridine rings is 1. The Hall–Kier alpha value is -3.29. The van der Waals surface area contributed by atoms with Gasteiger partial charge in [0.1, 0.15) is 5.76 Å². The van der Waals surface area contributed by atoms with E-state index in [9.17, 15) is 4.79 Å². The maximum absolute atomic E-state index is 12.5. The normalized spacial score (nSPS) is 14.9. The van der Waals surface area contributed by atoms with Crippen molar-refractivity contribution >= 4 is 11.9 Å². The molecule has 3 aromatic rings. The summed E-state index contributed by atoms with van der Waals surface area (Å²) in [5.41, 5.74) is 3.49. The number of amides is 1. The van der Waals surface area contributed by atoms with Crippen LogP contribution in [0.5, 0.6) is 0 Å². The molecule has 0 bridgehead atoms. The van der Waals surface area contributed by atoms with Crippen molar-refractivity contribution in [2.45, 2.75) is 58.4 Å². The zero-order valence-corrected chi connectivity index (χ0v) is 19.1. The monoisotopic (exact) mass is 434 g/mol. The fourth-order valence-electron chi connectivity index (χ4n) is 3.88. The highest BCUT2D eigenvalue weighted by Crippen LogP contribution is 2.29. The van der Waals surface area contributed by atoms with Crippen molar-refractivity contribution in [2.75, 3.05) is 18.0 Å². The highest BCUT2D eigenvalue weighted by atomic mass is 16.5. The van der Waals surface area contributed by atoms with Gasteiger partial charge in [-0.1, -0.05) is 32.9 Å². The molecule has 0 unspecified atom stereocenters. The molecule has 32 heavy (non-hydrogen) atoms. The highest BCUT2D eigenvalue weighted by molar-refractivity contribution is 5.92. The zero-order chi connectivity index (χ0) is 22.7. The van der Waals surface area contributed by atoms with E-state index < -0.39 is 0 Å². The van der Waals surface area contributed by atoms with E-state index in [1.807, 2.05) is 32.2 Å². The number of hydrogen-bond donors (Lipinski definition) is 1. The number of aromatic nitrogens is 4. The van der Waals surface area contributed by atoms with E-state index in [1.165, 1.54) is 0 Å². The first-order valence-electron chi connectivity index (χ1n) is 11.2. The van der Waals surface area contributed by atoms with Gasteiger partial charge in [0.05, 0.1) is 5.69 Å². The Labute approximate surface area is 188 Å². The number of nitrogens with zero attached hydrogens (tertiary/aromatic N) is 5. The predicted molar refractivity (Wildman–Crippen MR) is 123 cm³/mol. The summed E-state index contributed by atoms with van der Waals surface area (Å²) < 4.78 is 5.24. The Morgan fingerprint density at radius 3 is 2.47 bits per heavy atom. The van der Waals surface area contributed by atoms with Crippen LogP contribution in [0, 0.1) is 0 Å². The molecular weight excluding hydrogens is 404 g/mol. The number of nitrogens with one attached hydrogen (secondary N) is 1. The third-order valence-electron chi connectivity index (χ3n) is 5.79. The number of anilines is 1. The van der Waals surface area contributed by atoms with Crippen molar-refractivity contribution in [3.8, 4) is 11.1 Å². The van der Waals surface area contributed by atoms with Crippen LogP contribution in [0.25, 0.3) is 11.1 Å². The molecule has 1 N–H and O–H groups in total. The molecule has 4 rings (SSSR count). The molecule has 3 aromatic heterocycles. The third-order valence-corrected chi connectivity index (χ3v) is 5.79. The van der Waals surface area contributed by atoms with E-state index in [-0.39, 0.29) is 23.8 Å². The molecule has 1 aliphatic heterocycles. The van der Waals surface area contributed by atoms with Crippen molar-refractivity contribution in [3.63, 3.8) is 0 Å². The van der Waals surface area contributed by atoms with Crippen LogP contribution < -0.4 is 10.2 Å². The van der Waals surface area contributed by atoms with Gasteiger partial charge in [0.25, 0.3) is 5.91 Å². The molecule has 168 valence electrons. The summed E-state index contributed by atoms with van der Waals surface area (Å²) in [7, 11) is 0. The van der Waals surface area contributed by atoms with E-state index in [1.54, 1.807) is 18.5 Å². The lowest BCUT2D eigenvalue weighted by Gasteiger charge is -2.32. The summed E-state index contributed by atoms with van der Waals surface area (Å²) in [6.45, 7) is 9.88. The lowest BCUT2D eigenvalue weighted by Crippen LogP contribution is -2.45. The first-order valence-corrected chi connectivity index (χ1v) is 11.2. The van der Waals surface area contributed by atoms with Gasteiger partial charge in [-0.15, -0.1) is 0 Å². The van der Waals surface area contributed by atoms with Crippen molar-refractivity contribution in [2.24, 2.45) is 0 Å². The van der Waals surface area contributed by atoms with Crippen LogP contribution in [0.3, 0.4) is 0 Å². The summed E-state index contributed by atoms with van der Waals surface area (Å²) in [6, 6.07) is 5.79. The molecular formula is C24H30N6O2. The van der Waals surface area contributed by atoms with Crippen LogP contribution in [0.2, 0.25) is 0 Å². The topological polar surface area (TPSA) is 97.0 Å². The first kappa shape index (κ1) is 21.9. The maximum Gasteiger partial charge on any atom is 0.273 e. The number of piperidine rings is 1. The Balaban J connectivity index is 1.40. The first-order chi connectivity index (χ1) is 15.4. The summed E-state index contributed by atoms with van der Waals surface area (Å²) in [4.78, 5) is 28.4.